The van der Waals surface area contributed by atoms with Gasteiger partial charge in [0.05, 0.1) is 4.90 Å². The number of fused-ring (bicyclic) bond motifs is 1. The topological polar surface area (TPSA) is 101 Å². The van der Waals surface area contributed by atoms with E-state index in [1.807, 2.05) is 43.4 Å². The Bertz CT molecular complexity index is 1330. The summed E-state index contributed by atoms with van der Waals surface area (Å²) in [6.45, 7) is 0. The Morgan fingerprint density at radius 3 is 2.37 bits per heavy atom. The molecule has 0 amide bonds. The quantitative estimate of drug-likeness (QED) is 0.327. The average molecular weight is 419 g/mol. The number of benzene rings is 3. The third-order valence-corrected chi connectivity index (χ3v) is 6.49. The number of nitrogens with zero attached hydrogens (tertiary/aromatic N) is 1. The predicted octanol–water partition coefficient (Wildman–Crippen LogP) is 3.85. The number of nitrogens with one attached hydrogen (secondary N) is 2. The van der Waals surface area contributed by atoms with Gasteiger partial charge in [-0.3, -0.25) is 10.1 Å². The van der Waals surface area contributed by atoms with Gasteiger partial charge < -0.3 is 10.3 Å². The Morgan fingerprint density at radius 1 is 1.00 bits per heavy atom. The van der Waals surface area contributed by atoms with Crippen molar-refractivity contribution in [2.75, 3.05) is 4.72 Å². The number of anilines is 1. The van der Waals surface area contributed by atoms with E-state index in [0.29, 0.717) is 17.7 Å². The molecule has 152 valence electrons. The molecule has 7 heteroatoms. The van der Waals surface area contributed by atoms with E-state index in [0.717, 1.165) is 22.2 Å². The van der Waals surface area contributed by atoms with Crippen LogP contribution < -0.4 is 10.5 Å². The van der Waals surface area contributed by atoms with Crippen LogP contribution in [0.2, 0.25) is 0 Å². The highest BCUT2D eigenvalue weighted by Crippen LogP contribution is 2.26. The Labute approximate surface area is 175 Å². The highest BCUT2D eigenvalue weighted by molar-refractivity contribution is 7.92. The Hall–Kier alpha value is -3.58. The smallest absolute Gasteiger partial charge is 0.261 e. The maximum Gasteiger partial charge on any atom is 0.261 e. The van der Waals surface area contributed by atoms with Gasteiger partial charge in [0.2, 0.25) is 0 Å². The first-order valence-corrected chi connectivity index (χ1v) is 10.9. The third kappa shape index (κ3) is 3.92. The standard InChI is InChI=1S/C23H22N4O2S/c1-27-20(13-16-7-9-17(10-8-16)23(24)25)15-18-14-19(11-12-22(18)27)26-30(28,29)21-5-3-2-4-6-21/h2-12,14-15,26H,13H2,1H3,(H3,24,25). The number of aryl methyl sites for hydroxylation is 1. The molecule has 0 aliphatic carbocycles. The molecule has 6 nitrogen and oxygen atoms in total. The lowest BCUT2D eigenvalue weighted by molar-refractivity contribution is 0.601. The zero-order valence-electron chi connectivity index (χ0n) is 16.5. The Morgan fingerprint density at radius 2 is 1.70 bits per heavy atom. The Kier molecular flexibility index (Phi) is 5.05. The van der Waals surface area contributed by atoms with Crippen molar-refractivity contribution < 1.29 is 8.42 Å². The van der Waals surface area contributed by atoms with Crippen molar-refractivity contribution in [3.05, 3.63) is 95.7 Å². The van der Waals surface area contributed by atoms with Crippen molar-refractivity contribution in [3.63, 3.8) is 0 Å². The highest BCUT2D eigenvalue weighted by atomic mass is 32.2. The predicted molar refractivity (Wildman–Crippen MR) is 120 cm³/mol. The van der Waals surface area contributed by atoms with Crippen LogP contribution in [0.1, 0.15) is 16.8 Å². The second kappa shape index (κ2) is 7.68. The van der Waals surface area contributed by atoms with Crippen LogP contribution in [-0.4, -0.2) is 18.8 Å². The second-order valence-corrected chi connectivity index (χ2v) is 8.86. The molecule has 0 bridgehead atoms. The lowest BCUT2D eigenvalue weighted by Gasteiger charge is -2.08. The largest absolute Gasteiger partial charge is 0.384 e. The lowest BCUT2D eigenvalue weighted by atomic mass is 10.1. The number of aromatic nitrogens is 1. The fourth-order valence-electron chi connectivity index (χ4n) is 3.46. The summed E-state index contributed by atoms with van der Waals surface area (Å²) in [5.41, 5.74) is 9.97. The minimum Gasteiger partial charge on any atom is -0.384 e. The normalized spacial score (nSPS) is 11.5. The van der Waals surface area contributed by atoms with Crippen LogP contribution in [0.25, 0.3) is 10.9 Å². The third-order valence-electron chi connectivity index (χ3n) is 5.10. The van der Waals surface area contributed by atoms with E-state index in [4.69, 9.17) is 11.1 Å². The van der Waals surface area contributed by atoms with Gasteiger partial charge in [-0.05, 0) is 42.0 Å². The van der Waals surface area contributed by atoms with Gasteiger partial charge in [-0.15, -0.1) is 0 Å². The maximum absolute atomic E-state index is 12.6. The van der Waals surface area contributed by atoms with E-state index in [1.54, 1.807) is 36.4 Å². The monoisotopic (exact) mass is 418 g/mol. The number of amidine groups is 1. The average Bonchev–Trinajstić information content (AvgIpc) is 3.03. The fraction of sp³-hybridized carbons (Fsp3) is 0.0870. The molecule has 0 unspecified atom stereocenters. The summed E-state index contributed by atoms with van der Waals surface area (Å²) >= 11 is 0. The lowest BCUT2D eigenvalue weighted by Crippen LogP contribution is -2.12. The van der Waals surface area contributed by atoms with Crippen molar-refractivity contribution >= 4 is 32.4 Å². The molecule has 0 saturated carbocycles. The summed E-state index contributed by atoms with van der Waals surface area (Å²) < 4.78 is 29.9. The van der Waals surface area contributed by atoms with E-state index in [-0.39, 0.29) is 10.7 Å². The van der Waals surface area contributed by atoms with Crippen molar-refractivity contribution in [1.82, 2.24) is 4.57 Å². The number of hydrogen-bond acceptors (Lipinski definition) is 3. The zero-order chi connectivity index (χ0) is 21.3. The van der Waals surface area contributed by atoms with Crippen LogP contribution in [-0.2, 0) is 23.5 Å². The maximum atomic E-state index is 12.6. The number of nitrogen functional groups attached to an aromatic ring is 1. The molecule has 1 aromatic heterocycles. The van der Waals surface area contributed by atoms with Gasteiger partial charge in [0.25, 0.3) is 10.0 Å². The van der Waals surface area contributed by atoms with Gasteiger partial charge in [0, 0.05) is 41.3 Å². The van der Waals surface area contributed by atoms with Crippen LogP contribution in [0.15, 0.2) is 83.8 Å². The minimum atomic E-state index is -3.63. The number of nitrogens with two attached hydrogens (primary N) is 1. The molecule has 1 heterocycles. The molecule has 3 aromatic carbocycles. The molecule has 0 radical (unpaired) electrons. The molecule has 0 atom stereocenters. The first-order valence-electron chi connectivity index (χ1n) is 9.43. The number of rotatable bonds is 6. The van der Waals surface area contributed by atoms with Crippen molar-refractivity contribution in [2.24, 2.45) is 12.8 Å². The van der Waals surface area contributed by atoms with Gasteiger partial charge >= 0.3 is 0 Å². The first kappa shape index (κ1) is 19.7. The van der Waals surface area contributed by atoms with Crippen LogP contribution in [0.5, 0.6) is 0 Å². The molecule has 4 N–H and O–H groups in total. The molecule has 30 heavy (non-hydrogen) atoms. The first-order chi connectivity index (χ1) is 14.3. The summed E-state index contributed by atoms with van der Waals surface area (Å²) in [5.74, 6) is 0.0524. The van der Waals surface area contributed by atoms with Crippen molar-refractivity contribution in [1.29, 1.82) is 5.41 Å². The molecule has 0 aliphatic rings. The van der Waals surface area contributed by atoms with Crippen LogP contribution in [0.4, 0.5) is 5.69 Å². The van der Waals surface area contributed by atoms with Gasteiger partial charge in [0.1, 0.15) is 5.84 Å². The number of hydrogen-bond donors (Lipinski definition) is 3. The van der Waals surface area contributed by atoms with Crippen LogP contribution in [0, 0.1) is 5.41 Å². The summed E-state index contributed by atoms with van der Waals surface area (Å²) in [6.07, 6.45) is 0.717. The molecule has 4 rings (SSSR count). The van der Waals surface area contributed by atoms with E-state index in [1.165, 1.54) is 0 Å². The van der Waals surface area contributed by atoms with Crippen molar-refractivity contribution in [3.8, 4) is 0 Å². The molecule has 0 aliphatic heterocycles. The fourth-order valence-corrected chi connectivity index (χ4v) is 4.54. The SMILES string of the molecule is Cn1c(Cc2ccc(C(=N)N)cc2)cc2cc(NS(=O)(=O)c3ccccc3)ccc21. The van der Waals surface area contributed by atoms with Gasteiger partial charge in [-0.1, -0.05) is 42.5 Å². The molecule has 0 saturated heterocycles. The van der Waals surface area contributed by atoms with Gasteiger partial charge in [-0.25, -0.2) is 8.42 Å². The summed E-state index contributed by atoms with van der Waals surface area (Å²) in [4.78, 5) is 0.229. The molecule has 0 spiro atoms. The zero-order valence-corrected chi connectivity index (χ0v) is 17.3. The summed E-state index contributed by atoms with van der Waals surface area (Å²) in [5, 5.41) is 8.46. The Balaban J connectivity index is 1.60. The highest BCUT2D eigenvalue weighted by Gasteiger charge is 2.14. The van der Waals surface area contributed by atoms with Crippen molar-refractivity contribution in [2.45, 2.75) is 11.3 Å². The molecule has 0 fully saturated rings. The van der Waals surface area contributed by atoms with E-state index in [2.05, 4.69) is 15.4 Å². The summed E-state index contributed by atoms with van der Waals surface area (Å²) in [7, 11) is -1.63. The summed E-state index contributed by atoms with van der Waals surface area (Å²) in [6, 6.07) is 23.5. The number of sulfonamides is 1. The molecule has 4 aromatic rings. The molecular formula is C23H22N4O2S. The van der Waals surface area contributed by atoms with E-state index in [9.17, 15) is 8.42 Å². The second-order valence-electron chi connectivity index (χ2n) is 7.17. The van der Waals surface area contributed by atoms with Gasteiger partial charge in [-0.2, -0.15) is 0 Å². The minimum absolute atomic E-state index is 0.0524. The van der Waals surface area contributed by atoms with Crippen LogP contribution >= 0.6 is 0 Å². The van der Waals surface area contributed by atoms with Crippen LogP contribution in [0.3, 0.4) is 0 Å². The van der Waals surface area contributed by atoms with E-state index < -0.39 is 10.0 Å². The van der Waals surface area contributed by atoms with E-state index >= 15 is 0 Å². The molecular weight excluding hydrogens is 396 g/mol. The van der Waals surface area contributed by atoms with Gasteiger partial charge in [0.15, 0.2) is 0 Å².